The average molecular weight is 426 g/mol. The number of anilines is 2. The van der Waals surface area contributed by atoms with Crippen LogP contribution in [0.1, 0.15) is 30.4 Å². The number of nitrogens with zero attached hydrogens (tertiary/aromatic N) is 2. The van der Waals surface area contributed by atoms with Crippen molar-refractivity contribution in [3.05, 3.63) is 59.4 Å². The Hall–Kier alpha value is -2.77. The second kappa shape index (κ2) is 9.16. The van der Waals surface area contributed by atoms with Crippen molar-refractivity contribution in [1.29, 1.82) is 0 Å². The molecule has 0 radical (unpaired) electrons. The third-order valence-electron chi connectivity index (χ3n) is 6.04. The minimum Gasteiger partial charge on any atom is -0.366 e. The number of morpholine rings is 1. The summed E-state index contributed by atoms with van der Waals surface area (Å²) < 4.78 is 18.8. The van der Waals surface area contributed by atoms with Crippen LogP contribution in [0, 0.1) is 5.82 Å². The Morgan fingerprint density at radius 3 is 2.68 bits per heavy atom. The fourth-order valence-electron chi connectivity index (χ4n) is 4.15. The monoisotopic (exact) mass is 425 g/mol. The van der Waals surface area contributed by atoms with Gasteiger partial charge in [0.2, 0.25) is 5.91 Å². The van der Waals surface area contributed by atoms with Crippen molar-refractivity contribution < 1.29 is 18.7 Å². The van der Waals surface area contributed by atoms with Crippen LogP contribution in [0.4, 0.5) is 15.8 Å². The van der Waals surface area contributed by atoms with Crippen LogP contribution in [0.15, 0.2) is 42.5 Å². The van der Waals surface area contributed by atoms with E-state index in [1.54, 1.807) is 12.1 Å². The molecule has 2 heterocycles. The molecule has 2 amide bonds. The van der Waals surface area contributed by atoms with Crippen LogP contribution in [-0.2, 0) is 20.7 Å². The lowest BCUT2D eigenvalue weighted by molar-refractivity contribution is -0.135. The quantitative estimate of drug-likeness (QED) is 0.817. The molecule has 2 aliphatic rings. The van der Waals surface area contributed by atoms with Gasteiger partial charge in [-0.15, -0.1) is 0 Å². The Bertz CT molecular complexity index is 963. The summed E-state index contributed by atoms with van der Waals surface area (Å²) in [6.45, 7) is 4.52. The smallest absolute Gasteiger partial charge is 0.257 e. The van der Waals surface area contributed by atoms with Crippen molar-refractivity contribution in [2.24, 2.45) is 0 Å². The zero-order valence-corrected chi connectivity index (χ0v) is 17.9. The van der Waals surface area contributed by atoms with Crippen molar-refractivity contribution in [3.63, 3.8) is 0 Å². The molecule has 2 aliphatic heterocycles. The summed E-state index contributed by atoms with van der Waals surface area (Å²) in [5.41, 5.74) is 3.43. The first-order valence-corrected chi connectivity index (χ1v) is 10.7. The van der Waals surface area contributed by atoms with Gasteiger partial charge in [-0.1, -0.05) is 12.1 Å². The first-order chi connectivity index (χ1) is 14.9. The molecule has 0 saturated carbocycles. The van der Waals surface area contributed by atoms with Gasteiger partial charge in [-0.05, 0) is 68.3 Å². The molecule has 4 rings (SSSR count). The molecular formula is C24H28FN3O3. The summed E-state index contributed by atoms with van der Waals surface area (Å²) in [7, 11) is 2.00. The number of nitrogens with one attached hydrogen (secondary N) is 1. The van der Waals surface area contributed by atoms with Gasteiger partial charge in [-0.3, -0.25) is 9.59 Å². The Balaban J connectivity index is 1.49. The number of carbonyl (C=O) groups excluding carboxylic acids is 2. The van der Waals surface area contributed by atoms with E-state index in [9.17, 15) is 14.0 Å². The van der Waals surface area contributed by atoms with Gasteiger partial charge >= 0.3 is 0 Å². The summed E-state index contributed by atoms with van der Waals surface area (Å²) in [5, 5.41) is 2.83. The van der Waals surface area contributed by atoms with E-state index in [4.69, 9.17) is 4.74 Å². The number of carbonyl (C=O) groups is 2. The summed E-state index contributed by atoms with van der Waals surface area (Å²) in [4.78, 5) is 29.7. The molecule has 1 saturated heterocycles. The molecule has 0 aliphatic carbocycles. The second-order valence-corrected chi connectivity index (χ2v) is 8.32. The molecule has 7 heteroatoms. The molecular weight excluding hydrogens is 397 g/mol. The zero-order valence-electron chi connectivity index (χ0n) is 17.9. The SMILES string of the molecule is CC(C(=O)Nc1ccc(F)cc1)c1ccc2c(c1)CCCN2C(=O)C1CN(C)CCO1. The summed E-state index contributed by atoms with van der Waals surface area (Å²) >= 11 is 0. The molecule has 0 aromatic heterocycles. The number of amides is 2. The summed E-state index contributed by atoms with van der Waals surface area (Å²) in [6, 6.07) is 11.6. The number of ether oxygens (including phenoxy) is 1. The number of aryl methyl sites for hydroxylation is 1. The van der Waals surface area contributed by atoms with Crippen molar-refractivity contribution in [2.75, 3.05) is 43.5 Å². The van der Waals surface area contributed by atoms with Crippen LogP contribution < -0.4 is 10.2 Å². The van der Waals surface area contributed by atoms with E-state index in [-0.39, 0.29) is 23.5 Å². The van der Waals surface area contributed by atoms with Gasteiger partial charge < -0.3 is 19.9 Å². The second-order valence-electron chi connectivity index (χ2n) is 8.32. The highest BCUT2D eigenvalue weighted by molar-refractivity contribution is 5.98. The maximum Gasteiger partial charge on any atom is 0.257 e. The van der Waals surface area contributed by atoms with Crippen LogP contribution in [0.2, 0.25) is 0 Å². The maximum absolute atomic E-state index is 13.1. The number of hydrogen-bond acceptors (Lipinski definition) is 4. The zero-order chi connectivity index (χ0) is 22.0. The number of halogens is 1. The van der Waals surface area contributed by atoms with E-state index >= 15 is 0 Å². The van der Waals surface area contributed by atoms with E-state index in [1.165, 1.54) is 12.1 Å². The fourth-order valence-corrected chi connectivity index (χ4v) is 4.15. The average Bonchev–Trinajstić information content (AvgIpc) is 2.78. The largest absolute Gasteiger partial charge is 0.366 e. The van der Waals surface area contributed by atoms with Crippen molar-refractivity contribution >= 4 is 23.2 Å². The predicted molar refractivity (Wildman–Crippen MR) is 118 cm³/mol. The molecule has 2 atom stereocenters. The lowest BCUT2D eigenvalue weighted by Gasteiger charge is -2.36. The molecule has 31 heavy (non-hydrogen) atoms. The topological polar surface area (TPSA) is 61.9 Å². The number of benzene rings is 2. The lowest BCUT2D eigenvalue weighted by Crippen LogP contribution is -2.51. The Morgan fingerprint density at radius 1 is 1.16 bits per heavy atom. The molecule has 2 aromatic carbocycles. The van der Waals surface area contributed by atoms with Crippen LogP contribution in [0.25, 0.3) is 0 Å². The van der Waals surface area contributed by atoms with E-state index in [0.29, 0.717) is 25.4 Å². The highest BCUT2D eigenvalue weighted by Crippen LogP contribution is 2.31. The van der Waals surface area contributed by atoms with Crippen molar-refractivity contribution in [1.82, 2.24) is 4.90 Å². The summed E-state index contributed by atoms with van der Waals surface area (Å²) in [5.74, 6) is -0.877. The van der Waals surface area contributed by atoms with Crippen molar-refractivity contribution in [3.8, 4) is 0 Å². The van der Waals surface area contributed by atoms with E-state index in [2.05, 4.69) is 10.2 Å². The minimum atomic E-state index is -0.440. The number of likely N-dealkylation sites (N-methyl/N-ethyl adjacent to an activating group) is 1. The molecule has 0 bridgehead atoms. The molecule has 1 fully saturated rings. The Labute approximate surface area is 182 Å². The first kappa shape index (κ1) is 21.5. The molecule has 0 spiro atoms. The van der Waals surface area contributed by atoms with Gasteiger partial charge in [0.25, 0.3) is 5.91 Å². The molecule has 6 nitrogen and oxygen atoms in total. The number of rotatable bonds is 4. The Kier molecular flexibility index (Phi) is 6.34. The minimum absolute atomic E-state index is 0.00218. The lowest BCUT2D eigenvalue weighted by atomic mass is 9.93. The van der Waals surface area contributed by atoms with Gasteiger partial charge in [-0.2, -0.15) is 0 Å². The molecule has 1 N–H and O–H groups in total. The van der Waals surface area contributed by atoms with Crippen LogP contribution in [0.3, 0.4) is 0 Å². The van der Waals surface area contributed by atoms with Crippen LogP contribution >= 0.6 is 0 Å². The van der Waals surface area contributed by atoms with E-state index in [0.717, 1.165) is 36.2 Å². The van der Waals surface area contributed by atoms with Gasteiger partial charge in [0.05, 0.1) is 12.5 Å². The van der Waals surface area contributed by atoms with Crippen LogP contribution in [0.5, 0.6) is 0 Å². The van der Waals surface area contributed by atoms with Gasteiger partial charge in [0, 0.05) is 31.0 Å². The first-order valence-electron chi connectivity index (χ1n) is 10.7. The maximum atomic E-state index is 13.1. The molecule has 2 unspecified atom stereocenters. The van der Waals surface area contributed by atoms with E-state index in [1.807, 2.05) is 37.1 Å². The third kappa shape index (κ3) is 4.78. The van der Waals surface area contributed by atoms with Gasteiger partial charge in [0.1, 0.15) is 11.9 Å². The highest BCUT2D eigenvalue weighted by Gasteiger charge is 2.32. The molecule has 164 valence electrons. The standard InChI is InChI=1S/C24H28FN3O3/c1-16(23(29)26-20-8-6-19(25)7-9-20)17-5-10-21-18(14-17)4-3-11-28(21)24(30)22-15-27(2)12-13-31-22/h5-10,14,16,22H,3-4,11-13,15H2,1-2H3,(H,26,29). The normalized spacial score (nSPS) is 20.1. The van der Waals surface area contributed by atoms with Crippen LogP contribution in [-0.4, -0.2) is 56.1 Å². The highest BCUT2D eigenvalue weighted by atomic mass is 19.1. The molecule has 2 aromatic rings. The predicted octanol–water partition coefficient (Wildman–Crippen LogP) is 3.18. The van der Waals surface area contributed by atoms with Gasteiger partial charge in [0.15, 0.2) is 0 Å². The number of fused-ring (bicyclic) bond motifs is 1. The number of hydrogen-bond donors (Lipinski definition) is 1. The van der Waals surface area contributed by atoms with Gasteiger partial charge in [-0.25, -0.2) is 4.39 Å². The fraction of sp³-hybridized carbons (Fsp3) is 0.417. The van der Waals surface area contributed by atoms with E-state index < -0.39 is 6.10 Å². The Morgan fingerprint density at radius 2 is 1.94 bits per heavy atom. The summed E-state index contributed by atoms with van der Waals surface area (Å²) in [6.07, 6.45) is 1.30. The third-order valence-corrected chi connectivity index (χ3v) is 6.04. The van der Waals surface area contributed by atoms with Crippen molar-refractivity contribution in [2.45, 2.75) is 31.8 Å².